The van der Waals surface area contributed by atoms with E-state index in [0.29, 0.717) is 5.95 Å². The number of nitrogens with zero attached hydrogens (tertiary/aromatic N) is 4. The molecule has 7 aromatic rings. The van der Waals surface area contributed by atoms with E-state index in [1.807, 2.05) is 12.1 Å². The van der Waals surface area contributed by atoms with Crippen molar-refractivity contribution < 1.29 is 0 Å². The lowest BCUT2D eigenvalue weighted by molar-refractivity contribution is 0.777. The van der Waals surface area contributed by atoms with Gasteiger partial charge in [-0.2, -0.15) is 0 Å². The van der Waals surface area contributed by atoms with E-state index < -0.39 is 0 Å². The number of benzene rings is 5. The normalized spacial score (nSPS) is 16.5. The molecule has 4 heteroatoms. The molecule has 0 spiro atoms. The molecule has 2 atom stereocenters. The van der Waals surface area contributed by atoms with Crippen LogP contribution < -0.4 is 15.5 Å². The van der Waals surface area contributed by atoms with Gasteiger partial charge in [0.15, 0.2) is 0 Å². The maximum absolute atomic E-state index is 5.25. The molecule has 1 aliphatic heterocycles. The highest BCUT2D eigenvalue weighted by atomic mass is 15.3. The molecule has 2 aliphatic rings. The average Bonchev–Trinajstić information content (AvgIpc) is 3.60. The van der Waals surface area contributed by atoms with Gasteiger partial charge >= 0.3 is 0 Å². The van der Waals surface area contributed by atoms with E-state index in [4.69, 9.17) is 9.97 Å². The molecule has 5 aromatic carbocycles. The van der Waals surface area contributed by atoms with E-state index in [-0.39, 0.29) is 12.0 Å². The van der Waals surface area contributed by atoms with Crippen molar-refractivity contribution in [1.29, 1.82) is 0 Å². The summed E-state index contributed by atoms with van der Waals surface area (Å²) in [6.45, 7) is 0. The molecule has 0 N–H and O–H groups in total. The number of anilines is 2. The molecule has 2 aromatic heterocycles. The Hall–Kier alpha value is -5.74. The Kier molecular flexibility index (Phi) is 5.60. The highest BCUT2D eigenvalue weighted by Crippen LogP contribution is 2.47. The van der Waals surface area contributed by atoms with Gasteiger partial charge in [0.1, 0.15) is 0 Å². The van der Waals surface area contributed by atoms with E-state index in [2.05, 4.69) is 155 Å². The second-order valence-corrected chi connectivity index (χ2v) is 11.4. The van der Waals surface area contributed by atoms with Crippen LogP contribution in [0.3, 0.4) is 0 Å². The standard InChI is InChI=1S/C40H28N4/c1-4-14-27(15-5-1)34-25-35(28-16-6-2-7-17-28)42-40(41-34)44-37-23-13-11-21-31(37)33-24-32-30-20-10-12-22-36(30)43(38(32)26-39(33)44)29-18-8-3-9-19-29/h1-26,33,39H. The third-order valence-electron chi connectivity index (χ3n) is 8.93. The van der Waals surface area contributed by atoms with Crippen molar-refractivity contribution in [2.24, 2.45) is 0 Å². The number of aromatic nitrogens is 3. The zero-order valence-electron chi connectivity index (χ0n) is 24.0. The first-order valence-electron chi connectivity index (χ1n) is 15.1. The van der Waals surface area contributed by atoms with Crippen molar-refractivity contribution in [1.82, 2.24) is 14.5 Å². The minimum atomic E-state index is 0.0151. The van der Waals surface area contributed by atoms with Crippen LogP contribution in [0.4, 0.5) is 11.6 Å². The van der Waals surface area contributed by atoms with Crippen molar-refractivity contribution in [3.63, 3.8) is 0 Å². The van der Waals surface area contributed by atoms with E-state index in [9.17, 15) is 0 Å². The Bertz CT molecular complexity index is 2230. The van der Waals surface area contributed by atoms with Gasteiger partial charge in [-0.3, -0.25) is 0 Å². The van der Waals surface area contributed by atoms with Gasteiger partial charge in [-0.25, -0.2) is 9.97 Å². The molecule has 44 heavy (non-hydrogen) atoms. The number of hydrogen-bond donors (Lipinski definition) is 0. The monoisotopic (exact) mass is 564 g/mol. The van der Waals surface area contributed by atoms with Crippen LogP contribution in [0, 0.1) is 0 Å². The quantitative estimate of drug-likeness (QED) is 0.220. The van der Waals surface area contributed by atoms with Crippen LogP contribution in [0.2, 0.25) is 0 Å². The summed E-state index contributed by atoms with van der Waals surface area (Å²) in [4.78, 5) is 12.9. The molecule has 0 amide bonds. The summed E-state index contributed by atoms with van der Waals surface area (Å²) in [6.07, 6.45) is 4.91. The van der Waals surface area contributed by atoms with Crippen LogP contribution in [0.1, 0.15) is 11.5 Å². The van der Waals surface area contributed by atoms with Crippen LogP contribution >= 0.6 is 0 Å². The van der Waals surface area contributed by atoms with Gasteiger partial charge in [0.25, 0.3) is 0 Å². The summed E-state index contributed by atoms with van der Waals surface area (Å²) in [5, 5.41) is 3.76. The van der Waals surface area contributed by atoms with Gasteiger partial charge in [0, 0.05) is 39.0 Å². The smallest absolute Gasteiger partial charge is 0.231 e. The molecule has 0 bridgehead atoms. The zero-order chi connectivity index (χ0) is 29.0. The molecule has 0 radical (unpaired) electrons. The minimum Gasteiger partial charge on any atom is -0.310 e. The molecule has 2 unspecified atom stereocenters. The SMILES string of the molecule is C1=c2c(n(-c3ccccc3)c3ccccc23)=CC2C1c1ccccc1N2c1nc(-c2ccccc2)cc(-c2ccccc2)n1. The van der Waals surface area contributed by atoms with Crippen LogP contribution in [0.25, 0.3) is 51.3 Å². The van der Waals surface area contributed by atoms with Crippen molar-refractivity contribution in [2.45, 2.75) is 12.0 Å². The molecule has 0 fully saturated rings. The third-order valence-corrected chi connectivity index (χ3v) is 8.93. The summed E-state index contributed by atoms with van der Waals surface area (Å²) in [6, 6.07) is 51.1. The Balaban J connectivity index is 1.31. The Labute approximate surface area is 255 Å². The van der Waals surface area contributed by atoms with Gasteiger partial charge in [-0.15, -0.1) is 0 Å². The molecular formula is C40H28N4. The second-order valence-electron chi connectivity index (χ2n) is 11.4. The third kappa shape index (κ3) is 3.85. The summed E-state index contributed by atoms with van der Waals surface area (Å²) in [5.74, 6) is 0.874. The van der Waals surface area contributed by atoms with E-state index in [1.54, 1.807) is 0 Å². The molecule has 1 aliphatic carbocycles. The Morgan fingerprint density at radius 2 is 1.14 bits per heavy atom. The average molecular weight is 565 g/mol. The lowest BCUT2D eigenvalue weighted by Crippen LogP contribution is -2.40. The van der Waals surface area contributed by atoms with Gasteiger partial charge in [-0.05, 0) is 42.0 Å². The highest BCUT2D eigenvalue weighted by Gasteiger charge is 2.40. The lowest BCUT2D eigenvalue weighted by Gasteiger charge is -2.27. The minimum absolute atomic E-state index is 0.0151. The maximum atomic E-state index is 5.25. The largest absolute Gasteiger partial charge is 0.310 e. The summed E-state index contributed by atoms with van der Waals surface area (Å²) < 4.78 is 2.40. The fourth-order valence-electron chi connectivity index (χ4n) is 6.98. The predicted molar refractivity (Wildman–Crippen MR) is 179 cm³/mol. The topological polar surface area (TPSA) is 34.0 Å². The molecule has 0 saturated heterocycles. The van der Waals surface area contributed by atoms with E-state index in [0.717, 1.165) is 33.9 Å². The van der Waals surface area contributed by atoms with Crippen molar-refractivity contribution in [3.8, 4) is 28.2 Å². The Morgan fingerprint density at radius 1 is 0.545 bits per heavy atom. The summed E-state index contributed by atoms with van der Waals surface area (Å²) >= 11 is 0. The fraction of sp³-hybridized carbons (Fsp3) is 0.0500. The van der Waals surface area contributed by atoms with Crippen molar-refractivity contribution in [3.05, 3.63) is 162 Å². The fourth-order valence-corrected chi connectivity index (χ4v) is 6.98. The van der Waals surface area contributed by atoms with Crippen LogP contribution in [-0.4, -0.2) is 20.6 Å². The maximum Gasteiger partial charge on any atom is 0.231 e. The predicted octanol–water partition coefficient (Wildman–Crippen LogP) is 7.63. The summed E-state index contributed by atoms with van der Waals surface area (Å²) in [5.41, 5.74) is 8.79. The first-order chi connectivity index (χ1) is 21.8. The molecule has 0 saturated carbocycles. The van der Waals surface area contributed by atoms with Gasteiger partial charge in [0.05, 0.1) is 28.3 Å². The van der Waals surface area contributed by atoms with Crippen LogP contribution in [0.5, 0.6) is 0 Å². The number of fused-ring (bicyclic) bond motifs is 6. The van der Waals surface area contributed by atoms with Crippen LogP contribution in [0.15, 0.2) is 146 Å². The Morgan fingerprint density at radius 3 is 1.84 bits per heavy atom. The summed E-state index contributed by atoms with van der Waals surface area (Å²) in [7, 11) is 0. The first-order valence-corrected chi connectivity index (χ1v) is 15.1. The van der Waals surface area contributed by atoms with Gasteiger partial charge in [0.2, 0.25) is 5.95 Å². The molecule has 4 nitrogen and oxygen atoms in total. The lowest BCUT2D eigenvalue weighted by atomic mass is 9.90. The molecule has 9 rings (SSSR count). The van der Waals surface area contributed by atoms with E-state index >= 15 is 0 Å². The van der Waals surface area contributed by atoms with Crippen molar-refractivity contribution >= 4 is 34.7 Å². The number of para-hydroxylation sites is 3. The zero-order valence-corrected chi connectivity index (χ0v) is 24.0. The van der Waals surface area contributed by atoms with Crippen LogP contribution in [-0.2, 0) is 0 Å². The van der Waals surface area contributed by atoms with Gasteiger partial charge in [-0.1, -0.05) is 121 Å². The number of hydrogen-bond acceptors (Lipinski definition) is 3. The van der Waals surface area contributed by atoms with Crippen molar-refractivity contribution in [2.75, 3.05) is 4.90 Å². The number of rotatable bonds is 4. The first kappa shape index (κ1) is 24.8. The van der Waals surface area contributed by atoms with Gasteiger partial charge < -0.3 is 9.47 Å². The molecular weight excluding hydrogens is 536 g/mol. The molecule has 208 valence electrons. The second kappa shape index (κ2) is 9.92. The molecule has 3 heterocycles. The van der Waals surface area contributed by atoms with E-state index in [1.165, 1.54) is 27.0 Å². The highest BCUT2D eigenvalue weighted by molar-refractivity contribution is 5.88.